The molecule has 0 atom stereocenters. The maximum atomic E-state index is 11.2. The number of amides is 2. The highest BCUT2D eigenvalue weighted by Crippen LogP contribution is 2.10. The van der Waals surface area contributed by atoms with Crippen molar-refractivity contribution in [1.29, 1.82) is 0 Å². The van der Waals surface area contributed by atoms with E-state index in [0.717, 1.165) is 44.9 Å². The predicted octanol–water partition coefficient (Wildman–Crippen LogP) is 2.12. The van der Waals surface area contributed by atoms with Gasteiger partial charge in [0.15, 0.2) is 0 Å². The summed E-state index contributed by atoms with van der Waals surface area (Å²) in [7, 11) is 0. The van der Waals surface area contributed by atoms with Crippen molar-refractivity contribution in [3.05, 3.63) is 12.2 Å². The second kappa shape index (κ2) is 8.45. The number of hydrogen-bond acceptors (Lipinski definition) is 3. The lowest BCUT2D eigenvalue weighted by Gasteiger charge is -2.12. The van der Waals surface area contributed by atoms with Gasteiger partial charge < -0.3 is 5.11 Å². The Morgan fingerprint density at radius 3 is 1.89 bits per heavy atom. The lowest BCUT2D eigenvalue weighted by molar-refractivity contribution is -0.138. The third-order valence-corrected chi connectivity index (χ3v) is 3.17. The zero-order valence-corrected chi connectivity index (χ0v) is 11.1. The summed E-state index contributed by atoms with van der Waals surface area (Å²) in [6, 6.07) is 0. The fourth-order valence-electron chi connectivity index (χ4n) is 2.08. The Labute approximate surface area is 113 Å². The minimum absolute atomic E-state index is 0.210. The zero-order chi connectivity index (χ0) is 14.1. The molecule has 1 N–H and O–H groups in total. The average Bonchev–Trinajstić information content (AvgIpc) is 2.67. The molecule has 0 saturated heterocycles. The summed E-state index contributed by atoms with van der Waals surface area (Å²) < 4.78 is 0. The summed E-state index contributed by atoms with van der Waals surface area (Å²) in [4.78, 5) is 34.1. The van der Waals surface area contributed by atoms with Gasteiger partial charge in [0.05, 0.1) is 0 Å². The van der Waals surface area contributed by atoms with Gasteiger partial charge in [0, 0.05) is 25.1 Å². The van der Waals surface area contributed by atoms with Gasteiger partial charge in [0.2, 0.25) is 0 Å². The van der Waals surface area contributed by atoms with Gasteiger partial charge in [-0.25, -0.2) is 0 Å². The number of aliphatic carboxylic acids is 1. The van der Waals surface area contributed by atoms with Gasteiger partial charge in [-0.05, 0) is 12.8 Å². The van der Waals surface area contributed by atoms with Crippen molar-refractivity contribution in [1.82, 2.24) is 4.90 Å². The van der Waals surface area contributed by atoms with Gasteiger partial charge in [0.25, 0.3) is 11.8 Å². The van der Waals surface area contributed by atoms with Gasteiger partial charge in [-0.2, -0.15) is 0 Å². The highest BCUT2D eigenvalue weighted by atomic mass is 16.4. The number of nitrogens with zero attached hydrogens (tertiary/aromatic N) is 1. The number of hydrogen-bond donors (Lipinski definition) is 1. The highest BCUT2D eigenvalue weighted by molar-refractivity contribution is 6.12. The van der Waals surface area contributed by atoms with Crippen molar-refractivity contribution in [2.75, 3.05) is 6.54 Å². The van der Waals surface area contributed by atoms with Gasteiger partial charge in [0.1, 0.15) is 0 Å². The molecule has 5 nitrogen and oxygen atoms in total. The Morgan fingerprint density at radius 2 is 1.37 bits per heavy atom. The van der Waals surface area contributed by atoms with Crippen LogP contribution in [-0.4, -0.2) is 34.3 Å². The highest BCUT2D eigenvalue weighted by Gasteiger charge is 2.21. The maximum Gasteiger partial charge on any atom is 0.303 e. The molecular weight excluding hydrogens is 246 g/mol. The molecule has 0 fully saturated rings. The first kappa shape index (κ1) is 15.4. The summed E-state index contributed by atoms with van der Waals surface area (Å²) in [6.07, 6.45) is 9.62. The number of carboxylic acid groups (broad SMARTS) is 1. The topological polar surface area (TPSA) is 74.7 Å². The van der Waals surface area contributed by atoms with Crippen molar-refractivity contribution in [3.63, 3.8) is 0 Å². The first-order valence-electron chi connectivity index (χ1n) is 6.86. The molecule has 106 valence electrons. The van der Waals surface area contributed by atoms with E-state index in [2.05, 4.69) is 0 Å². The van der Waals surface area contributed by atoms with Crippen LogP contribution in [0.3, 0.4) is 0 Å². The van der Waals surface area contributed by atoms with Crippen LogP contribution in [0, 0.1) is 0 Å². The van der Waals surface area contributed by atoms with Crippen LogP contribution in [0.25, 0.3) is 0 Å². The lowest BCUT2D eigenvalue weighted by atomic mass is 10.1. The lowest BCUT2D eigenvalue weighted by Crippen LogP contribution is -2.30. The molecule has 1 aliphatic heterocycles. The third kappa shape index (κ3) is 6.18. The standard InChI is InChI=1S/C14H21NO4/c16-12-9-10-13(17)15(12)11-7-5-3-1-2-4-6-8-14(18)19/h9-10H,1-8,11H2,(H,18,19). The minimum atomic E-state index is -0.728. The Hall–Kier alpha value is -1.65. The van der Waals surface area contributed by atoms with E-state index >= 15 is 0 Å². The molecule has 0 aromatic heterocycles. The van der Waals surface area contributed by atoms with Gasteiger partial charge >= 0.3 is 5.97 Å². The quantitative estimate of drug-likeness (QED) is 0.486. The number of carbonyl (C=O) groups is 3. The van der Waals surface area contributed by atoms with Crippen molar-refractivity contribution < 1.29 is 19.5 Å². The Morgan fingerprint density at radius 1 is 0.895 bits per heavy atom. The molecule has 1 aliphatic rings. The fourth-order valence-corrected chi connectivity index (χ4v) is 2.08. The van der Waals surface area contributed by atoms with Crippen LogP contribution < -0.4 is 0 Å². The largest absolute Gasteiger partial charge is 0.481 e. The minimum Gasteiger partial charge on any atom is -0.481 e. The SMILES string of the molecule is O=C(O)CCCCCCCCCN1C(=O)C=CC1=O. The average molecular weight is 267 g/mol. The van der Waals surface area contributed by atoms with Crippen molar-refractivity contribution in [3.8, 4) is 0 Å². The number of unbranched alkanes of at least 4 members (excludes halogenated alkanes) is 6. The molecule has 19 heavy (non-hydrogen) atoms. The molecule has 0 aromatic carbocycles. The second-order valence-corrected chi connectivity index (χ2v) is 4.78. The molecule has 0 radical (unpaired) electrons. The molecule has 0 unspecified atom stereocenters. The Bertz CT molecular complexity index is 344. The van der Waals surface area contributed by atoms with Crippen LogP contribution in [0.2, 0.25) is 0 Å². The molecule has 0 aliphatic carbocycles. The molecule has 0 saturated carbocycles. The zero-order valence-electron chi connectivity index (χ0n) is 11.1. The number of imide groups is 1. The van der Waals surface area contributed by atoms with Crippen LogP contribution >= 0.6 is 0 Å². The van der Waals surface area contributed by atoms with Gasteiger partial charge in [-0.3, -0.25) is 19.3 Å². The van der Waals surface area contributed by atoms with Gasteiger partial charge in [-0.15, -0.1) is 0 Å². The first-order chi connectivity index (χ1) is 9.11. The Kier molecular flexibility index (Phi) is 6.85. The van der Waals surface area contributed by atoms with E-state index in [0.29, 0.717) is 6.54 Å². The molecule has 0 bridgehead atoms. The van der Waals surface area contributed by atoms with E-state index in [1.165, 1.54) is 17.1 Å². The predicted molar refractivity (Wildman–Crippen MR) is 70.4 cm³/mol. The van der Waals surface area contributed by atoms with E-state index in [9.17, 15) is 14.4 Å². The third-order valence-electron chi connectivity index (χ3n) is 3.17. The summed E-state index contributed by atoms with van der Waals surface area (Å²) in [5.74, 6) is -1.15. The molecule has 0 aromatic rings. The van der Waals surface area contributed by atoms with Crippen molar-refractivity contribution in [2.45, 2.75) is 51.4 Å². The monoisotopic (exact) mass is 267 g/mol. The summed E-state index contributed by atoms with van der Waals surface area (Å²) in [5.41, 5.74) is 0. The smallest absolute Gasteiger partial charge is 0.303 e. The second-order valence-electron chi connectivity index (χ2n) is 4.78. The van der Waals surface area contributed by atoms with E-state index in [4.69, 9.17) is 5.11 Å². The Balaban J connectivity index is 1.90. The first-order valence-corrected chi connectivity index (χ1v) is 6.86. The van der Waals surface area contributed by atoms with E-state index < -0.39 is 5.97 Å². The van der Waals surface area contributed by atoms with E-state index in [-0.39, 0.29) is 18.2 Å². The summed E-state index contributed by atoms with van der Waals surface area (Å²) in [5, 5.41) is 8.47. The normalized spacial score (nSPS) is 14.4. The van der Waals surface area contributed by atoms with Gasteiger partial charge in [-0.1, -0.05) is 32.1 Å². The molecule has 1 rings (SSSR count). The fraction of sp³-hybridized carbons (Fsp3) is 0.643. The maximum absolute atomic E-state index is 11.2. The van der Waals surface area contributed by atoms with Crippen molar-refractivity contribution in [2.24, 2.45) is 0 Å². The van der Waals surface area contributed by atoms with E-state index in [1.807, 2.05) is 0 Å². The molecule has 5 heteroatoms. The summed E-state index contributed by atoms with van der Waals surface area (Å²) in [6.45, 7) is 0.504. The van der Waals surface area contributed by atoms with Crippen molar-refractivity contribution >= 4 is 17.8 Å². The van der Waals surface area contributed by atoms with Crippen LogP contribution in [0.15, 0.2) is 12.2 Å². The van der Waals surface area contributed by atoms with Crippen LogP contribution in [-0.2, 0) is 14.4 Å². The molecule has 2 amide bonds. The van der Waals surface area contributed by atoms with Crippen LogP contribution in [0.5, 0.6) is 0 Å². The number of rotatable bonds is 10. The summed E-state index contributed by atoms with van der Waals surface area (Å²) >= 11 is 0. The van der Waals surface area contributed by atoms with Crippen LogP contribution in [0.1, 0.15) is 51.4 Å². The van der Waals surface area contributed by atoms with E-state index in [1.54, 1.807) is 0 Å². The number of carboxylic acids is 1. The number of carbonyl (C=O) groups excluding carboxylic acids is 2. The van der Waals surface area contributed by atoms with Crippen LogP contribution in [0.4, 0.5) is 0 Å². The molecule has 0 spiro atoms. The molecule has 1 heterocycles. The molecular formula is C14H21NO4.